The van der Waals surface area contributed by atoms with Crippen LogP contribution in [0, 0.1) is 5.41 Å². The average Bonchev–Trinajstić information content (AvgIpc) is 2.87. The summed E-state index contributed by atoms with van der Waals surface area (Å²) in [4.78, 5) is 1.99. The van der Waals surface area contributed by atoms with Gasteiger partial charge in [0.2, 0.25) is 0 Å². The third kappa shape index (κ3) is 1.77. The van der Waals surface area contributed by atoms with Crippen molar-refractivity contribution in [3.63, 3.8) is 0 Å². The Hall–Kier alpha value is -0.970. The van der Waals surface area contributed by atoms with E-state index in [2.05, 4.69) is 0 Å². The molecule has 3 N–H and O–H groups in total. The standard InChI is InChI=1S/C10H10N2S2/c11-9(7-3-1-5-13-7)10(12)8-4-2-6-14-8/h1-6,9,12H,11H2. The summed E-state index contributed by atoms with van der Waals surface area (Å²) >= 11 is 3.15. The van der Waals surface area contributed by atoms with Crippen LogP contribution in [0.25, 0.3) is 0 Å². The number of hydrogen-bond acceptors (Lipinski definition) is 4. The van der Waals surface area contributed by atoms with Crippen LogP contribution >= 0.6 is 22.7 Å². The summed E-state index contributed by atoms with van der Waals surface area (Å²) in [5.74, 6) is 0. The minimum Gasteiger partial charge on any atom is -0.318 e. The summed E-state index contributed by atoms with van der Waals surface area (Å²) in [7, 11) is 0. The van der Waals surface area contributed by atoms with Gasteiger partial charge in [0, 0.05) is 9.75 Å². The highest BCUT2D eigenvalue weighted by Crippen LogP contribution is 2.22. The fourth-order valence-electron chi connectivity index (χ4n) is 1.20. The van der Waals surface area contributed by atoms with Gasteiger partial charge in [-0.25, -0.2) is 0 Å². The van der Waals surface area contributed by atoms with Gasteiger partial charge in [-0.05, 0) is 22.9 Å². The Morgan fingerprint density at radius 2 is 1.93 bits per heavy atom. The summed E-state index contributed by atoms with van der Waals surface area (Å²) in [6, 6.07) is 7.52. The van der Waals surface area contributed by atoms with Gasteiger partial charge in [-0.2, -0.15) is 0 Å². The zero-order valence-corrected chi connectivity index (χ0v) is 9.07. The second-order valence-electron chi connectivity index (χ2n) is 2.88. The monoisotopic (exact) mass is 222 g/mol. The highest BCUT2D eigenvalue weighted by molar-refractivity contribution is 7.12. The Morgan fingerprint density at radius 3 is 2.50 bits per heavy atom. The van der Waals surface area contributed by atoms with Crippen molar-refractivity contribution in [2.75, 3.05) is 0 Å². The Bertz CT molecular complexity index is 403. The molecule has 0 aromatic carbocycles. The SMILES string of the molecule is N=C(c1cccs1)C(N)c1cccs1. The van der Waals surface area contributed by atoms with Gasteiger partial charge >= 0.3 is 0 Å². The number of nitrogens with two attached hydrogens (primary N) is 1. The van der Waals surface area contributed by atoms with Crippen molar-refractivity contribution in [1.82, 2.24) is 0 Å². The maximum absolute atomic E-state index is 7.92. The first-order valence-corrected chi connectivity index (χ1v) is 5.96. The minimum absolute atomic E-state index is 0.284. The summed E-state index contributed by atoms with van der Waals surface area (Å²) in [5, 5.41) is 11.9. The van der Waals surface area contributed by atoms with Crippen molar-refractivity contribution in [2.45, 2.75) is 6.04 Å². The van der Waals surface area contributed by atoms with Crippen molar-refractivity contribution in [3.05, 3.63) is 44.8 Å². The van der Waals surface area contributed by atoms with Crippen LogP contribution < -0.4 is 5.73 Å². The van der Waals surface area contributed by atoms with E-state index in [1.165, 1.54) is 0 Å². The molecule has 0 spiro atoms. The van der Waals surface area contributed by atoms with E-state index in [0.29, 0.717) is 5.71 Å². The Morgan fingerprint density at radius 1 is 1.21 bits per heavy atom. The maximum Gasteiger partial charge on any atom is 0.0827 e. The number of rotatable bonds is 3. The molecule has 0 aliphatic heterocycles. The number of hydrogen-bond donors (Lipinski definition) is 2. The van der Waals surface area contributed by atoms with Crippen LogP contribution in [-0.4, -0.2) is 5.71 Å². The average molecular weight is 222 g/mol. The smallest absolute Gasteiger partial charge is 0.0827 e. The molecule has 0 saturated heterocycles. The molecule has 1 unspecified atom stereocenters. The fraction of sp³-hybridized carbons (Fsp3) is 0.100. The quantitative estimate of drug-likeness (QED) is 0.771. The molecule has 1 atom stereocenters. The van der Waals surface area contributed by atoms with Gasteiger partial charge in [-0.1, -0.05) is 12.1 Å². The van der Waals surface area contributed by atoms with E-state index in [-0.39, 0.29) is 6.04 Å². The summed E-state index contributed by atoms with van der Waals surface area (Å²) in [6.07, 6.45) is 0. The molecule has 2 aromatic heterocycles. The van der Waals surface area contributed by atoms with Crippen molar-refractivity contribution >= 4 is 28.4 Å². The first-order chi connectivity index (χ1) is 6.79. The Balaban J connectivity index is 2.21. The van der Waals surface area contributed by atoms with Gasteiger partial charge in [0.05, 0.1) is 11.8 Å². The maximum atomic E-state index is 7.92. The summed E-state index contributed by atoms with van der Waals surface area (Å²) in [6.45, 7) is 0. The van der Waals surface area contributed by atoms with Gasteiger partial charge < -0.3 is 11.1 Å². The highest BCUT2D eigenvalue weighted by Gasteiger charge is 2.15. The lowest BCUT2D eigenvalue weighted by Crippen LogP contribution is -2.19. The second-order valence-corrected chi connectivity index (χ2v) is 4.81. The predicted molar refractivity (Wildman–Crippen MR) is 62.4 cm³/mol. The van der Waals surface area contributed by atoms with Crippen molar-refractivity contribution in [2.24, 2.45) is 5.73 Å². The molecule has 0 amide bonds. The number of nitrogens with one attached hydrogen (secondary N) is 1. The van der Waals surface area contributed by atoms with E-state index >= 15 is 0 Å². The molecule has 2 rings (SSSR count). The molecule has 2 aromatic rings. The third-order valence-corrected chi connectivity index (χ3v) is 3.81. The second kappa shape index (κ2) is 4.04. The molecule has 0 aliphatic rings. The highest BCUT2D eigenvalue weighted by atomic mass is 32.1. The third-order valence-electron chi connectivity index (χ3n) is 1.95. The topological polar surface area (TPSA) is 49.9 Å². The predicted octanol–water partition coefficient (Wildman–Crippen LogP) is 2.88. The van der Waals surface area contributed by atoms with Gasteiger partial charge in [-0.15, -0.1) is 22.7 Å². The van der Waals surface area contributed by atoms with Gasteiger partial charge in [0.1, 0.15) is 0 Å². The molecule has 0 saturated carbocycles. The van der Waals surface area contributed by atoms with Crippen LogP contribution in [0.3, 0.4) is 0 Å². The molecular formula is C10H10N2S2. The van der Waals surface area contributed by atoms with Gasteiger partial charge in [0.15, 0.2) is 0 Å². The zero-order valence-electron chi connectivity index (χ0n) is 7.44. The lowest BCUT2D eigenvalue weighted by atomic mass is 10.1. The van der Waals surface area contributed by atoms with Crippen LogP contribution in [0.4, 0.5) is 0 Å². The van der Waals surface area contributed by atoms with E-state index in [4.69, 9.17) is 11.1 Å². The van der Waals surface area contributed by atoms with Gasteiger partial charge in [0.25, 0.3) is 0 Å². The summed E-state index contributed by atoms with van der Waals surface area (Å²) < 4.78 is 0. The van der Waals surface area contributed by atoms with Crippen LogP contribution in [0.5, 0.6) is 0 Å². The van der Waals surface area contributed by atoms with E-state index in [0.717, 1.165) is 9.75 Å². The van der Waals surface area contributed by atoms with E-state index in [1.54, 1.807) is 22.7 Å². The molecule has 2 heterocycles. The summed E-state index contributed by atoms with van der Waals surface area (Å²) in [5.41, 5.74) is 6.47. The molecule has 0 fully saturated rings. The first-order valence-electron chi connectivity index (χ1n) is 4.20. The van der Waals surface area contributed by atoms with E-state index in [1.807, 2.05) is 35.0 Å². The molecule has 0 radical (unpaired) electrons. The largest absolute Gasteiger partial charge is 0.318 e. The van der Waals surface area contributed by atoms with E-state index < -0.39 is 0 Å². The van der Waals surface area contributed by atoms with E-state index in [9.17, 15) is 0 Å². The van der Waals surface area contributed by atoms with Crippen LogP contribution in [0.15, 0.2) is 35.0 Å². The molecule has 0 aliphatic carbocycles. The minimum atomic E-state index is -0.284. The molecule has 0 bridgehead atoms. The lowest BCUT2D eigenvalue weighted by molar-refractivity contribution is 0.981. The molecule has 4 heteroatoms. The Kier molecular flexibility index (Phi) is 2.77. The van der Waals surface area contributed by atoms with Crippen LogP contribution in [0.1, 0.15) is 15.8 Å². The first kappa shape index (κ1) is 9.58. The molecule has 2 nitrogen and oxygen atoms in total. The Labute approximate surface area is 90.5 Å². The normalized spacial score (nSPS) is 12.6. The van der Waals surface area contributed by atoms with Crippen LogP contribution in [0.2, 0.25) is 0 Å². The van der Waals surface area contributed by atoms with Crippen LogP contribution in [-0.2, 0) is 0 Å². The fourth-order valence-corrected chi connectivity index (χ4v) is 2.65. The van der Waals surface area contributed by atoms with Crippen molar-refractivity contribution < 1.29 is 0 Å². The number of thiophene rings is 2. The molecule has 72 valence electrons. The molecular weight excluding hydrogens is 212 g/mol. The lowest BCUT2D eigenvalue weighted by Gasteiger charge is -2.09. The zero-order chi connectivity index (χ0) is 9.97. The van der Waals surface area contributed by atoms with Gasteiger partial charge in [-0.3, -0.25) is 0 Å². The van der Waals surface area contributed by atoms with Crippen molar-refractivity contribution in [3.8, 4) is 0 Å². The molecule has 14 heavy (non-hydrogen) atoms. The van der Waals surface area contributed by atoms with Crippen molar-refractivity contribution in [1.29, 1.82) is 5.41 Å².